The second kappa shape index (κ2) is 10.7. The molecule has 0 unspecified atom stereocenters. The van der Waals surface area contributed by atoms with E-state index in [9.17, 15) is 9.59 Å². The van der Waals surface area contributed by atoms with Crippen molar-refractivity contribution in [2.75, 3.05) is 32.6 Å². The number of carbonyl (C=O) groups excluding carboxylic acids is 1. The van der Waals surface area contributed by atoms with Gasteiger partial charge in [-0.05, 0) is 35.9 Å². The van der Waals surface area contributed by atoms with Gasteiger partial charge in [-0.25, -0.2) is 9.48 Å². The molecule has 0 aliphatic heterocycles. The van der Waals surface area contributed by atoms with Crippen molar-refractivity contribution in [2.45, 2.75) is 13.0 Å². The Hall–Kier alpha value is -3.16. The van der Waals surface area contributed by atoms with E-state index >= 15 is 0 Å². The third-order valence-corrected chi connectivity index (χ3v) is 4.82. The van der Waals surface area contributed by atoms with Crippen LogP contribution in [0.25, 0.3) is 11.3 Å². The number of anilines is 1. The molecule has 3 rings (SSSR count). The molecule has 0 aliphatic carbocycles. The molecular weight excluding hydrogens is 416 g/mol. The summed E-state index contributed by atoms with van der Waals surface area (Å²) in [6.45, 7) is 1.57. The highest BCUT2D eigenvalue weighted by atomic mass is 35.5. The van der Waals surface area contributed by atoms with E-state index in [0.717, 1.165) is 24.1 Å². The molecule has 0 bridgehead atoms. The Kier molecular flexibility index (Phi) is 7.81. The van der Waals surface area contributed by atoms with Crippen LogP contribution in [0.3, 0.4) is 0 Å². The summed E-state index contributed by atoms with van der Waals surface area (Å²) in [5.41, 5.74) is 2.76. The maximum absolute atomic E-state index is 12.3. The summed E-state index contributed by atoms with van der Waals surface area (Å²) in [6.07, 6.45) is 0.305. The lowest BCUT2D eigenvalue weighted by Crippen LogP contribution is -3.05. The summed E-state index contributed by atoms with van der Waals surface area (Å²) < 4.78 is 6.60. The molecule has 8 heteroatoms. The number of nitrogens with one attached hydrogen (secondary N) is 2. The normalized spacial score (nSPS) is 10.8. The second-order valence-corrected chi connectivity index (χ2v) is 7.93. The summed E-state index contributed by atoms with van der Waals surface area (Å²) in [4.78, 5) is 25.6. The predicted molar refractivity (Wildman–Crippen MR) is 122 cm³/mol. The van der Waals surface area contributed by atoms with Crippen LogP contribution >= 0.6 is 11.6 Å². The number of nitrogens with zero attached hydrogens (tertiary/aromatic N) is 2. The molecule has 1 aromatic heterocycles. The minimum absolute atomic E-state index is 0.210. The number of amides is 1. The zero-order chi connectivity index (χ0) is 22.2. The van der Waals surface area contributed by atoms with Crippen LogP contribution in [-0.4, -0.2) is 43.1 Å². The van der Waals surface area contributed by atoms with Crippen LogP contribution in [-0.2, 0) is 11.3 Å². The molecule has 1 amide bonds. The zero-order valence-electron chi connectivity index (χ0n) is 17.6. The van der Waals surface area contributed by atoms with Gasteiger partial charge in [0, 0.05) is 28.8 Å². The average molecular weight is 442 g/mol. The van der Waals surface area contributed by atoms with Crippen molar-refractivity contribution in [3.63, 3.8) is 0 Å². The van der Waals surface area contributed by atoms with E-state index in [1.54, 1.807) is 30.3 Å². The number of carbonyl (C=O) groups is 1. The first-order valence-electron chi connectivity index (χ1n) is 10.1. The van der Waals surface area contributed by atoms with Crippen molar-refractivity contribution >= 4 is 23.4 Å². The van der Waals surface area contributed by atoms with Crippen molar-refractivity contribution in [1.29, 1.82) is 0 Å². The Labute approximate surface area is 186 Å². The van der Waals surface area contributed by atoms with Gasteiger partial charge < -0.3 is 9.64 Å². The molecule has 1 heterocycles. The first-order valence-corrected chi connectivity index (χ1v) is 10.4. The number of quaternary nitrogens is 1. The summed E-state index contributed by atoms with van der Waals surface area (Å²) in [5.74, 6) is 0. The van der Waals surface area contributed by atoms with E-state index in [0.29, 0.717) is 23.0 Å². The van der Waals surface area contributed by atoms with Gasteiger partial charge in [0.2, 0.25) is 0 Å². The highest BCUT2D eigenvalue weighted by Gasteiger charge is 2.07. The Balaban J connectivity index is 1.66. The topological polar surface area (TPSA) is 77.7 Å². The fourth-order valence-electron chi connectivity index (χ4n) is 3.00. The predicted octanol–water partition coefficient (Wildman–Crippen LogP) is 2.70. The van der Waals surface area contributed by atoms with Gasteiger partial charge in [0.05, 0.1) is 39.5 Å². The molecule has 0 aliphatic rings. The van der Waals surface area contributed by atoms with Crippen LogP contribution in [0.4, 0.5) is 10.5 Å². The lowest BCUT2D eigenvalue weighted by Gasteiger charge is -2.11. The van der Waals surface area contributed by atoms with E-state index in [-0.39, 0.29) is 12.1 Å². The number of ether oxygens (including phenoxy) is 1. The van der Waals surface area contributed by atoms with Gasteiger partial charge in [-0.1, -0.05) is 35.9 Å². The molecule has 162 valence electrons. The van der Waals surface area contributed by atoms with Crippen LogP contribution in [0, 0.1) is 0 Å². The van der Waals surface area contributed by atoms with Gasteiger partial charge in [0.1, 0.15) is 0 Å². The number of halogens is 1. The molecule has 0 saturated carbocycles. The molecule has 0 saturated heterocycles. The zero-order valence-corrected chi connectivity index (χ0v) is 18.4. The fourth-order valence-corrected chi connectivity index (χ4v) is 3.13. The standard InChI is InChI=1S/C23H25ClN4O3/c1-27(2)13-4-14-31-23(30)25-20-6-3-5-17(15-20)16-28-22(29)12-11-21(26-28)18-7-9-19(24)10-8-18/h3,5-12,15H,4,13-14,16H2,1-2H3,(H,25,30)/p+1. The van der Waals surface area contributed by atoms with Crippen molar-refractivity contribution < 1.29 is 14.4 Å². The quantitative estimate of drug-likeness (QED) is 0.527. The first-order chi connectivity index (χ1) is 14.9. The van der Waals surface area contributed by atoms with E-state index < -0.39 is 6.09 Å². The smallest absolute Gasteiger partial charge is 0.411 e. The van der Waals surface area contributed by atoms with Crippen molar-refractivity contribution in [3.05, 3.63) is 81.6 Å². The van der Waals surface area contributed by atoms with Gasteiger partial charge in [0.25, 0.3) is 5.56 Å². The number of rotatable bonds is 8. The molecule has 0 atom stereocenters. The Morgan fingerprint density at radius 3 is 2.65 bits per heavy atom. The minimum atomic E-state index is -0.495. The summed E-state index contributed by atoms with van der Waals surface area (Å²) >= 11 is 5.95. The van der Waals surface area contributed by atoms with E-state index in [4.69, 9.17) is 16.3 Å². The van der Waals surface area contributed by atoms with Crippen molar-refractivity contribution in [2.24, 2.45) is 0 Å². The maximum Gasteiger partial charge on any atom is 0.411 e. The van der Waals surface area contributed by atoms with Gasteiger partial charge in [-0.2, -0.15) is 5.10 Å². The molecule has 2 aromatic carbocycles. The summed E-state index contributed by atoms with van der Waals surface area (Å²) in [5, 5.41) is 7.83. The maximum atomic E-state index is 12.3. The van der Waals surface area contributed by atoms with E-state index in [1.165, 1.54) is 15.6 Å². The van der Waals surface area contributed by atoms with Crippen molar-refractivity contribution in [1.82, 2.24) is 9.78 Å². The van der Waals surface area contributed by atoms with Gasteiger partial charge >= 0.3 is 6.09 Å². The molecule has 7 nitrogen and oxygen atoms in total. The molecule has 0 fully saturated rings. The molecule has 0 spiro atoms. The molecule has 31 heavy (non-hydrogen) atoms. The lowest BCUT2D eigenvalue weighted by atomic mass is 10.1. The number of benzene rings is 2. The van der Waals surface area contributed by atoms with E-state index in [2.05, 4.69) is 24.5 Å². The monoisotopic (exact) mass is 441 g/mol. The van der Waals surface area contributed by atoms with Gasteiger partial charge in [0.15, 0.2) is 0 Å². The minimum Gasteiger partial charge on any atom is -0.449 e. The third kappa shape index (κ3) is 6.94. The van der Waals surface area contributed by atoms with Crippen LogP contribution < -0.4 is 15.8 Å². The Morgan fingerprint density at radius 2 is 1.90 bits per heavy atom. The fraction of sp³-hybridized carbons (Fsp3) is 0.261. The Morgan fingerprint density at radius 1 is 1.13 bits per heavy atom. The third-order valence-electron chi connectivity index (χ3n) is 4.57. The van der Waals surface area contributed by atoms with Crippen LogP contribution in [0.15, 0.2) is 65.5 Å². The molecule has 2 N–H and O–H groups in total. The largest absolute Gasteiger partial charge is 0.449 e. The molecule has 0 radical (unpaired) electrons. The van der Waals surface area contributed by atoms with Gasteiger partial charge in [-0.3, -0.25) is 10.1 Å². The van der Waals surface area contributed by atoms with Crippen LogP contribution in [0.2, 0.25) is 5.02 Å². The van der Waals surface area contributed by atoms with E-state index in [1.807, 2.05) is 24.3 Å². The molecular formula is C23H26ClN4O3+. The summed E-state index contributed by atoms with van der Waals surface area (Å²) in [7, 11) is 4.10. The van der Waals surface area contributed by atoms with Crippen LogP contribution in [0.1, 0.15) is 12.0 Å². The van der Waals surface area contributed by atoms with Crippen LogP contribution in [0.5, 0.6) is 0 Å². The molecule has 3 aromatic rings. The Bertz CT molecular complexity index is 1080. The highest BCUT2D eigenvalue weighted by molar-refractivity contribution is 6.30. The van der Waals surface area contributed by atoms with Gasteiger partial charge in [-0.15, -0.1) is 0 Å². The van der Waals surface area contributed by atoms with Crippen molar-refractivity contribution in [3.8, 4) is 11.3 Å². The number of hydrogen-bond donors (Lipinski definition) is 2. The summed E-state index contributed by atoms with van der Waals surface area (Å²) in [6, 6.07) is 17.7. The SMILES string of the molecule is C[NH+](C)CCCOC(=O)Nc1cccc(Cn2nc(-c3ccc(Cl)cc3)ccc2=O)c1. The lowest BCUT2D eigenvalue weighted by molar-refractivity contribution is -0.858. The number of aromatic nitrogens is 2. The second-order valence-electron chi connectivity index (χ2n) is 7.49. The highest BCUT2D eigenvalue weighted by Crippen LogP contribution is 2.19. The number of hydrogen-bond acceptors (Lipinski definition) is 4. The first kappa shape index (κ1) is 22.5. The average Bonchev–Trinajstić information content (AvgIpc) is 2.74.